The molecule has 0 saturated heterocycles. The molecular formula is C17H12ClF3N4S. The summed E-state index contributed by atoms with van der Waals surface area (Å²) >= 11 is 7.23. The molecule has 0 radical (unpaired) electrons. The Hall–Kier alpha value is -2.32. The maximum atomic E-state index is 12.6. The van der Waals surface area contributed by atoms with Crippen molar-refractivity contribution in [2.75, 3.05) is 5.32 Å². The molecule has 0 aliphatic rings. The van der Waals surface area contributed by atoms with Gasteiger partial charge in [0.1, 0.15) is 0 Å². The summed E-state index contributed by atoms with van der Waals surface area (Å²) in [5.74, 6) is 0.152. The third-order valence-electron chi connectivity index (χ3n) is 3.29. The van der Waals surface area contributed by atoms with Crippen molar-refractivity contribution < 1.29 is 13.2 Å². The normalized spacial score (nSPS) is 11.4. The van der Waals surface area contributed by atoms with Crippen molar-refractivity contribution in [3.8, 4) is 0 Å². The molecule has 4 nitrogen and oxygen atoms in total. The monoisotopic (exact) mass is 396 g/mol. The van der Waals surface area contributed by atoms with Crippen LogP contribution < -0.4 is 5.32 Å². The number of hydrogen-bond acceptors (Lipinski definition) is 5. The van der Waals surface area contributed by atoms with Gasteiger partial charge in [-0.2, -0.15) is 28.1 Å². The van der Waals surface area contributed by atoms with Crippen LogP contribution in [0.4, 0.5) is 24.8 Å². The first-order valence-corrected chi connectivity index (χ1v) is 8.59. The summed E-state index contributed by atoms with van der Waals surface area (Å²) in [5.41, 5.74) is 0.812. The van der Waals surface area contributed by atoms with Gasteiger partial charge in [-0.25, -0.2) is 0 Å². The number of aromatic nitrogens is 3. The molecule has 0 unspecified atom stereocenters. The van der Waals surface area contributed by atoms with Crippen molar-refractivity contribution in [3.05, 3.63) is 64.9 Å². The SMILES string of the molecule is Cc1ccc(Sc2nc(Cl)nc(Nc3ccc(C(F)(F)F)cc3)n2)cc1. The second kappa shape index (κ2) is 7.51. The number of hydrogen-bond donors (Lipinski definition) is 1. The number of rotatable bonds is 4. The van der Waals surface area contributed by atoms with Crippen LogP contribution in [0.15, 0.2) is 58.6 Å². The maximum Gasteiger partial charge on any atom is 0.416 e. The van der Waals surface area contributed by atoms with Gasteiger partial charge in [-0.1, -0.05) is 17.7 Å². The number of aryl methyl sites for hydroxylation is 1. The van der Waals surface area contributed by atoms with Crippen molar-refractivity contribution in [2.24, 2.45) is 0 Å². The molecule has 134 valence electrons. The lowest BCUT2D eigenvalue weighted by Crippen LogP contribution is -2.05. The Labute approximate surface area is 156 Å². The molecule has 0 amide bonds. The Bertz CT molecular complexity index is 899. The Kier molecular flexibility index (Phi) is 5.33. The van der Waals surface area contributed by atoms with Crippen molar-refractivity contribution in [2.45, 2.75) is 23.2 Å². The number of benzene rings is 2. The van der Waals surface area contributed by atoms with E-state index in [1.165, 1.54) is 23.9 Å². The van der Waals surface area contributed by atoms with Crippen LogP contribution in [0.3, 0.4) is 0 Å². The van der Waals surface area contributed by atoms with Gasteiger partial charge in [-0.15, -0.1) is 0 Å². The van der Waals surface area contributed by atoms with E-state index in [0.717, 1.165) is 22.6 Å². The average Bonchev–Trinajstić information content (AvgIpc) is 2.56. The van der Waals surface area contributed by atoms with Gasteiger partial charge in [0.25, 0.3) is 0 Å². The Morgan fingerprint density at radius 2 is 1.58 bits per heavy atom. The first kappa shape index (κ1) is 18.5. The summed E-state index contributed by atoms with van der Waals surface area (Å²) in [6.45, 7) is 1.99. The predicted molar refractivity (Wildman–Crippen MR) is 94.9 cm³/mol. The first-order valence-electron chi connectivity index (χ1n) is 7.40. The maximum absolute atomic E-state index is 12.6. The standard InChI is InChI=1S/C17H12ClF3N4S/c1-10-2-8-13(9-3-10)26-16-24-14(18)23-15(25-16)22-12-6-4-11(5-7-12)17(19,20)21/h2-9H,1H3,(H,22,23,24,25). The molecule has 9 heteroatoms. The molecule has 3 aromatic rings. The van der Waals surface area contributed by atoms with Crippen molar-refractivity contribution in [3.63, 3.8) is 0 Å². The van der Waals surface area contributed by atoms with E-state index in [1.54, 1.807) is 0 Å². The topological polar surface area (TPSA) is 50.7 Å². The van der Waals surface area contributed by atoms with Crippen molar-refractivity contribution >= 4 is 35.0 Å². The summed E-state index contributed by atoms with van der Waals surface area (Å²) in [6.07, 6.45) is -4.38. The van der Waals surface area contributed by atoms with E-state index in [1.807, 2.05) is 31.2 Å². The fourth-order valence-corrected chi connectivity index (χ4v) is 2.97. The second-order valence-electron chi connectivity index (χ2n) is 5.33. The largest absolute Gasteiger partial charge is 0.416 e. The number of alkyl halides is 3. The molecule has 0 aliphatic heterocycles. The van der Waals surface area contributed by atoms with E-state index in [2.05, 4.69) is 20.3 Å². The van der Waals surface area contributed by atoms with E-state index >= 15 is 0 Å². The smallest absolute Gasteiger partial charge is 0.324 e. The van der Waals surface area contributed by atoms with Crippen LogP contribution in [-0.4, -0.2) is 15.0 Å². The molecule has 0 fully saturated rings. The number of nitrogens with zero attached hydrogens (tertiary/aromatic N) is 3. The number of nitrogens with one attached hydrogen (secondary N) is 1. The fraction of sp³-hybridized carbons (Fsp3) is 0.118. The van der Waals surface area contributed by atoms with Gasteiger partial charge in [-0.3, -0.25) is 0 Å². The Morgan fingerprint density at radius 1 is 0.923 bits per heavy atom. The van der Waals surface area contributed by atoms with Gasteiger partial charge in [0, 0.05) is 10.6 Å². The van der Waals surface area contributed by atoms with E-state index in [0.29, 0.717) is 10.8 Å². The first-order chi connectivity index (χ1) is 12.3. The lowest BCUT2D eigenvalue weighted by molar-refractivity contribution is -0.137. The summed E-state index contributed by atoms with van der Waals surface area (Å²) in [6, 6.07) is 12.3. The zero-order chi connectivity index (χ0) is 18.7. The van der Waals surface area contributed by atoms with Crippen LogP contribution in [0, 0.1) is 6.92 Å². The minimum absolute atomic E-state index is 0.0102. The molecule has 2 aromatic carbocycles. The van der Waals surface area contributed by atoms with Gasteiger partial charge < -0.3 is 5.32 Å². The highest BCUT2D eigenvalue weighted by molar-refractivity contribution is 7.99. The van der Waals surface area contributed by atoms with Crippen molar-refractivity contribution in [1.82, 2.24) is 15.0 Å². The summed E-state index contributed by atoms with van der Waals surface area (Å²) in [5, 5.41) is 3.20. The summed E-state index contributed by atoms with van der Waals surface area (Å²) in [7, 11) is 0. The number of halogens is 4. The summed E-state index contributed by atoms with van der Waals surface area (Å²) < 4.78 is 37.8. The molecule has 1 N–H and O–H groups in total. The third kappa shape index (κ3) is 4.86. The zero-order valence-corrected chi connectivity index (χ0v) is 15.0. The molecule has 1 aromatic heterocycles. The average molecular weight is 397 g/mol. The molecule has 0 aliphatic carbocycles. The van der Waals surface area contributed by atoms with Crippen LogP contribution in [0.2, 0.25) is 5.28 Å². The van der Waals surface area contributed by atoms with Crippen LogP contribution >= 0.6 is 23.4 Å². The second-order valence-corrected chi connectivity index (χ2v) is 6.70. The van der Waals surface area contributed by atoms with Gasteiger partial charge in [-0.05, 0) is 66.7 Å². The summed E-state index contributed by atoms with van der Waals surface area (Å²) in [4.78, 5) is 13.2. The highest BCUT2D eigenvalue weighted by Crippen LogP contribution is 2.31. The third-order valence-corrected chi connectivity index (χ3v) is 4.33. The molecule has 0 bridgehead atoms. The Morgan fingerprint density at radius 3 is 2.19 bits per heavy atom. The molecule has 3 rings (SSSR count). The van der Waals surface area contributed by atoms with Crippen LogP contribution in [0.1, 0.15) is 11.1 Å². The minimum atomic E-state index is -4.38. The lowest BCUT2D eigenvalue weighted by atomic mass is 10.2. The van der Waals surface area contributed by atoms with E-state index in [4.69, 9.17) is 11.6 Å². The highest BCUT2D eigenvalue weighted by Gasteiger charge is 2.29. The lowest BCUT2D eigenvalue weighted by Gasteiger charge is -2.09. The van der Waals surface area contributed by atoms with E-state index in [-0.39, 0.29) is 11.2 Å². The highest BCUT2D eigenvalue weighted by atomic mass is 35.5. The molecule has 0 saturated carbocycles. The van der Waals surface area contributed by atoms with Crippen molar-refractivity contribution in [1.29, 1.82) is 0 Å². The molecule has 1 heterocycles. The van der Waals surface area contributed by atoms with Gasteiger partial charge in [0.2, 0.25) is 11.2 Å². The van der Waals surface area contributed by atoms with E-state index in [9.17, 15) is 13.2 Å². The van der Waals surface area contributed by atoms with E-state index < -0.39 is 11.7 Å². The van der Waals surface area contributed by atoms with Gasteiger partial charge >= 0.3 is 6.18 Å². The zero-order valence-electron chi connectivity index (χ0n) is 13.4. The molecule has 0 spiro atoms. The fourth-order valence-electron chi connectivity index (χ4n) is 2.02. The quantitative estimate of drug-likeness (QED) is 0.608. The minimum Gasteiger partial charge on any atom is -0.324 e. The number of anilines is 2. The van der Waals surface area contributed by atoms with Crippen LogP contribution in [-0.2, 0) is 6.18 Å². The molecule has 0 atom stereocenters. The molecular weight excluding hydrogens is 385 g/mol. The predicted octanol–water partition coefficient (Wildman–Crippen LogP) is 5.75. The van der Waals surface area contributed by atoms with Gasteiger partial charge in [0.05, 0.1) is 5.56 Å². The molecule has 26 heavy (non-hydrogen) atoms. The van der Waals surface area contributed by atoms with Crippen LogP contribution in [0.5, 0.6) is 0 Å². The van der Waals surface area contributed by atoms with Crippen LogP contribution in [0.25, 0.3) is 0 Å². The Balaban J connectivity index is 1.78. The van der Waals surface area contributed by atoms with Gasteiger partial charge in [0.15, 0.2) is 5.16 Å².